The number of aryl methyl sites for hydroxylation is 1. The minimum Gasteiger partial charge on any atom is -0.378 e. The third-order valence-electron chi connectivity index (χ3n) is 2.13. The largest absolute Gasteiger partial charge is 0.378 e. The van der Waals surface area contributed by atoms with Crippen molar-refractivity contribution in [2.45, 2.75) is 11.1 Å². The molecule has 0 unspecified atom stereocenters. The molecule has 0 bridgehead atoms. The highest BCUT2D eigenvalue weighted by Crippen LogP contribution is 2.29. The quantitative estimate of drug-likeness (QED) is 0.798. The summed E-state index contributed by atoms with van der Waals surface area (Å²) in [6.07, 6.45) is 0. The van der Waals surface area contributed by atoms with E-state index >= 15 is 0 Å². The number of hydrogen-bond donors (Lipinski definition) is 0. The summed E-state index contributed by atoms with van der Waals surface area (Å²) >= 11 is 12.5. The van der Waals surface area contributed by atoms with E-state index in [0.717, 1.165) is 16.9 Å². The molecule has 3 nitrogen and oxygen atoms in total. The first-order valence-corrected chi connectivity index (χ1v) is 7.82. The number of halogens is 2. The van der Waals surface area contributed by atoms with Gasteiger partial charge in [0.1, 0.15) is 5.75 Å². The fourth-order valence-corrected chi connectivity index (χ4v) is 3.75. The molecule has 96 valence electrons. The van der Waals surface area contributed by atoms with Crippen LogP contribution in [0.5, 0.6) is 5.75 Å². The highest BCUT2D eigenvalue weighted by Gasteiger charge is 2.19. The van der Waals surface area contributed by atoms with Crippen molar-refractivity contribution in [3.8, 4) is 5.75 Å². The second-order valence-corrected chi connectivity index (χ2v) is 7.40. The van der Waals surface area contributed by atoms with Gasteiger partial charge in [-0.1, -0.05) is 23.2 Å². The molecule has 0 aliphatic heterocycles. The Morgan fingerprint density at radius 3 is 2.44 bits per heavy atom. The van der Waals surface area contributed by atoms with Gasteiger partial charge in [0, 0.05) is 5.02 Å². The summed E-state index contributed by atoms with van der Waals surface area (Å²) in [6.45, 7) is 1.77. The summed E-state index contributed by atoms with van der Waals surface area (Å²) in [5, 5.41) is 0.555. The molecule has 2 rings (SSSR count). The third kappa shape index (κ3) is 2.98. The first-order valence-electron chi connectivity index (χ1n) is 4.84. The zero-order chi connectivity index (χ0) is 13.3. The van der Waals surface area contributed by atoms with Gasteiger partial charge in [-0.3, -0.25) is 0 Å². The summed E-state index contributed by atoms with van der Waals surface area (Å²) in [6, 6.07) is 7.57. The standard InChI is InChI=1S/C11H8Cl2O3S2/c1-7-6-8(2-3-9(7)12)16-18(14,15)11-5-4-10(13)17-11/h2-6H,1H3. The van der Waals surface area contributed by atoms with Crippen LogP contribution < -0.4 is 4.18 Å². The zero-order valence-electron chi connectivity index (χ0n) is 9.18. The van der Waals surface area contributed by atoms with Crippen LogP contribution in [0.2, 0.25) is 9.36 Å². The van der Waals surface area contributed by atoms with E-state index in [2.05, 4.69) is 0 Å². The molecular formula is C11H8Cl2O3S2. The molecule has 0 amide bonds. The van der Waals surface area contributed by atoms with Gasteiger partial charge in [0.25, 0.3) is 0 Å². The van der Waals surface area contributed by atoms with Gasteiger partial charge >= 0.3 is 10.1 Å². The molecule has 0 spiro atoms. The Morgan fingerprint density at radius 2 is 1.89 bits per heavy atom. The highest BCUT2D eigenvalue weighted by molar-refractivity contribution is 7.89. The summed E-state index contributed by atoms with van der Waals surface area (Å²) < 4.78 is 29.3. The fourth-order valence-electron chi connectivity index (χ4n) is 1.27. The minimum atomic E-state index is -3.83. The molecule has 1 aromatic carbocycles. The molecule has 7 heteroatoms. The van der Waals surface area contributed by atoms with Crippen molar-refractivity contribution in [3.05, 3.63) is 45.3 Å². The number of hydrogen-bond acceptors (Lipinski definition) is 4. The topological polar surface area (TPSA) is 43.4 Å². The van der Waals surface area contributed by atoms with Gasteiger partial charge in [-0.05, 0) is 42.8 Å². The van der Waals surface area contributed by atoms with E-state index < -0.39 is 10.1 Å². The number of benzene rings is 1. The van der Waals surface area contributed by atoms with Crippen molar-refractivity contribution in [1.29, 1.82) is 0 Å². The molecule has 0 fully saturated rings. The minimum absolute atomic E-state index is 0.0695. The van der Waals surface area contributed by atoms with Crippen LogP contribution in [-0.4, -0.2) is 8.42 Å². The van der Waals surface area contributed by atoms with Gasteiger partial charge in [0.05, 0.1) is 4.34 Å². The highest BCUT2D eigenvalue weighted by atomic mass is 35.5. The predicted molar refractivity (Wildman–Crippen MR) is 73.3 cm³/mol. The molecule has 0 N–H and O–H groups in total. The van der Waals surface area contributed by atoms with Gasteiger partial charge in [-0.2, -0.15) is 8.42 Å². The average molecular weight is 323 g/mol. The van der Waals surface area contributed by atoms with Crippen LogP contribution in [-0.2, 0) is 10.1 Å². The maximum absolute atomic E-state index is 11.9. The fraction of sp³-hybridized carbons (Fsp3) is 0.0909. The Bertz CT molecular complexity index is 677. The summed E-state index contributed by atoms with van der Waals surface area (Å²) in [5.74, 6) is 0.224. The molecule has 0 aliphatic carbocycles. The van der Waals surface area contributed by atoms with Crippen LogP contribution in [0.3, 0.4) is 0 Å². The zero-order valence-corrected chi connectivity index (χ0v) is 12.3. The van der Waals surface area contributed by atoms with E-state index in [4.69, 9.17) is 27.4 Å². The maximum Gasteiger partial charge on any atom is 0.348 e. The van der Waals surface area contributed by atoms with Crippen LogP contribution in [0.4, 0.5) is 0 Å². The van der Waals surface area contributed by atoms with Crippen LogP contribution >= 0.6 is 34.5 Å². The van der Waals surface area contributed by atoms with Gasteiger partial charge < -0.3 is 4.18 Å². The first-order chi connectivity index (χ1) is 8.38. The first kappa shape index (κ1) is 13.7. The van der Waals surface area contributed by atoms with Crippen molar-refractivity contribution in [2.24, 2.45) is 0 Å². The van der Waals surface area contributed by atoms with Crippen LogP contribution in [0, 0.1) is 6.92 Å². The van der Waals surface area contributed by atoms with Gasteiger partial charge in [-0.15, -0.1) is 11.3 Å². The third-order valence-corrected chi connectivity index (χ3v) is 5.48. The molecule has 0 aliphatic rings. The lowest BCUT2D eigenvalue weighted by Crippen LogP contribution is -2.07. The molecule has 0 saturated heterocycles. The van der Waals surface area contributed by atoms with Gasteiger partial charge in [-0.25, -0.2) is 0 Å². The van der Waals surface area contributed by atoms with Crippen LogP contribution in [0.25, 0.3) is 0 Å². The lowest BCUT2D eigenvalue weighted by Gasteiger charge is -2.06. The Balaban J connectivity index is 2.30. The van der Waals surface area contributed by atoms with Crippen LogP contribution in [0.1, 0.15) is 5.56 Å². The van der Waals surface area contributed by atoms with E-state index in [0.29, 0.717) is 9.36 Å². The lowest BCUT2D eigenvalue weighted by molar-refractivity contribution is 0.488. The van der Waals surface area contributed by atoms with Crippen molar-refractivity contribution in [2.75, 3.05) is 0 Å². The van der Waals surface area contributed by atoms with Gasteiger partial charge in [0.15, 0.2) is 4.21 Å². The van der Waals surface area contributed by atoms with Crippen molar-refractivity contribution < 1.29 is 12.6 Å². The molecule has 2 aromatic rings. The Hall–Kier alpha value is -0.750. The second kappa shape index (κ2) is 5.09. The summed E-state index contributed by atoms with van der Waals surface area (Å²) in [4.78, 5) is 0. The summed E-state index contributed by atoms with van der Waals surface area (Å²) in [5.41, 5.74) is 0.744. The van der Waals surface area contributed by atoms with Crippen LogP contribution in [0.15, 0.2) is 34.5 Å². The SMILES string of the molecule is Cc1cc(OS(=O)(=O)c2ccc(Cl)s2)ccc1Cl. The molecule has 1 aromatic heterocycles. The molecule has 0 radical (unpaired) electrons. The van der Waals surface area contributed by atoms with E-state index in [9.17, 15) is 8.42 Å². The van der Waals surface area contributed by atoms with E-state index in [-0.39, 0.29) is 9.96 Å². The normalized spacial score (nSPS) is 11.5. The molecule has 1 heterocycles. The van der Waals surface area contributed by atoms with Crippen molar-refractivity contribution in [3.63, 3.8) is 0 Å². The van der Waals surface area contributed by atoms with Gasteiger partial charge in [0.2, 0.25) is 0 Å². The second-order valence-electron chi connectivity index (χ2n) is 3.51. The maximum atomic E-state index is 11.9. The van der Waals surface area contributed by atoms with Crippen molar-refractivity contribution in [1.82, 2.24) is 0 Å². The molecule has 0 saturated carbocycles. The van der Waals surface area contributed by atoms with Crippen molar-refractivity contribution >= 4 is 44.7 Å². The predicted octanol–water partition coefficient (Wildman–Crippen LogP) is 4.13. The number of thiophene rings is 1. The van der Waals surface area contributed by atoms with E-state index in [1.807, 2.05) is 0 Å². The smallest absolute Gasteiger partial charge is 0.348 e. The average Bonchev–Trinajstić information content (AvgIpc) is 2.71. The lowest BCUT2D eigenvalue weighted by atomic mass is 10.2. The Kier molecular flexibility index (Phi) is 3.87. The Morgan fingerprint density at radius 1 is 1.17 bits per heavy atom. The monoisotopic (exact) mass is 322 g/mol. The van der Waals surface area contributed by atoms with E-state index in [1.54, 1.807) is 19.1 Å². The Labute approximate surface area is 119 Å². The molecular weight excluding hydrogens is 315 g/mol. The number of rotatable bonds is 3. The molecule has 0 atom stereocenters. The van der Waals surface area contributed by atoms with E-state index in [1.165, 1.54) is 18.2 Å². The molecule has 18 heavy (non-hydrogen) atoms. The summed E-state index contributed by atoms with van der Waals surface area (Å²) in [7, 11) is -3.83.